The van der Waals surface area contributed by atoms with Crippen LogP contribution in [0.15, 0.2) is 71.8 Å². The first-order valence-corrected chi connectivity index (χ1v) is 11.1. The summed E-state index contributed by atoms with van der Waals surface area (Å²) in [6, 6.07) is 13.7. The minimum Gasteiger partial charge on any atom is -0.497 e. The van der Waals surface area contributed by atoms with E-state index in [4.69, 9.17) is 29.3 Å². The molecule has 2 amide bonds. The molecule has 0 radical (unpaired) electrons. The van der Waals surface area contributed by atoms with Crippen molar-refractivity contribution in [2.24, 2.45) is 0 Å². The highest BCUT2D eigenvalue weighted by Crippen LogP contribution is 2.30. The van der Waals surface area contributed by atoms with E-state index in [2.05, 4.69) is 5.32 Å². The lowest BCUT2D eigenvalue weighted by molar-refractivity contribution is -0.124. The maximum absolute atomic E-state index is 12.8. The lowest BCUT2D eigenvalue weighted by atomic mass is 9.97. The molecular weight excluding hydrogens is 468 g/mol. The predicted octanol–water partition coefficient (Wildman–Crippen LogP) is 3.77. The summed E-state index contributed by atoms with van der Waals surface area (Å²) in [5.41, 5.74) is 3.91. The number of ether oxygens (including phenoxy) is 4. The second-order valence-electron chi connectivity index (χ2n) is 7.73. The van der Waals surface area contributed by atoms with E-state index in [1.807, 2.05) is 0 Å². The topological polar surface area (TPSA) is 136 Å². The van der Waals surface area contributed by atoms with Gasteiger partial charge in [0, 0.05) is 18.9 Å². The Hall–Kier alpha value is -3.86. The zero-order valence-corrected chi connectivity index (χ0v) is 20.7. The number of hydrogen-bond acceptors (Lipinski definition) is 8. The number of rotatable bonds is 12. The number of aliphatic hydroxyl groups excluding tert-OH is 1. The molecule has 0 spiro atoms. The Balaban J connectivity index is 2.33. The van der Waals surface area contributed by atoms with Crippen LogP contribution in [-0.4, -0.2) is 55.9 Å². The second-order valence-corrected chi connectivity index (χ2v) is 7.73. The molecule has 0 saturated carbocycles. The molecule has 10 nitrogen and oxygen atoms in total. The van der Waals surface area contributed by atoms with Gasteiger partial charge in [0.1, 0.15) is 24.2 Å². The molecule has 2 aromatic rings. The van der Waals surface area contributed by atoms with Gasteiger partial charge in [0.25, 0.3) is 5.91 Å². The number of anilines is 1. The zero-order chi connectivity index (χ0) is 26.5. The van der Waals surface area contributed by atoms with Crippen LogP contribution in [0.1, 0.15) is 25.5 Å². The first kappa shape index (κ1) is 28.4. The van der Waals surface area contributed by atoms with Crippen molar-refractivity contribution in [3.63, 3.8) is 0 Å². The third-order valence-electron chi connectivity index (χ3n) is 5.04. The van der Waals surface area contributed by atoms with Gasteiger partial charge in [-0.2, -0.15) is 0 Å². The monoisotopic (exact) mass is 500 g/mol. The van der Waals surface area contributed by atoms with Gasteiger partial charge in [0.15, 0.2) is 6.10 Å². The van der Waals surface area contributed by atoms with Gasteiger partial charge in [-0.05, 0) is 67.0 Å². The maximum Gasteiger partial charge on any atom is 0.412 e. The van der Waals surface area contributed by atoms with Crippen LogP contribution in [0.4, 0.5) is 10.5 Å². The van der Waals surface area contributed by atoms with Crippen LogP contribution in [0.25, 0.3) is 0 Å². The summed E-state index contributed by atoms with van der Waals surface area (Å²) in [6.07, 6.45) is 0.634. The van der Waals surface area contributed by atoms with Crippen LogP contribution in [0.3, 0.4) is 0 Å². The first-order valence-electron chi connectivity index (χ1n) is 11.1. The van der Waals surface area contributed by atoms with Crippen LogP contribution in [0.2, 0.25) is 0 Å². The average Bonchev–Trinajstić information content (AvgIpc) is 2.87. The van der Waals surface area contributed by atoms with Crippen molar-refractivity contribution in [2.75, 3.05) is 32.8 Å². The van der Waals surface area contributed by atoms with Gasteiger partial charge in [-0.3, -0.25) is 15.3 Å². The molecule has 0 bridgehead atoms. The van der Waals surface area contributed by atoms with Crippen molar-refractivity contribution in [3.05, 3.63) is 77.4 Å². The number of carbonyl (C=O) groups is 2. The molecule has 0 aliphatic carbocycles. The number of nitrogens with one attached hydrogen (secondary N) is 2. The van der Waals surface area contributed by atoms with Crippen molar-refractivity contribution < 1.29 is 38.9 Å². The first-order chi connectivity index (χ1) is 17.3. The van der Waals surface area contributed by atoms with Crippen LogP contribution in [0, 0.1) is 0 Å². The summed E-state index contributed by atoms with van der Waals surface area (Å²) in [5.74, 6) is 0.522. The number of hydroxylamine groups is 1. The molecule has 2 rings (SSSR count). The van der Waals surface area contributed by atoms with Crippen molar-refractivity contribution in [3.8, 4) is 11.5 Å². The van der Waals surface area contributed by atoms with E-state index in [0.717, 1.165) is 0 Å². The third-order valence-corrected chi connectivity index (χ3v) is 5.04. The minimum absolute atomic E-state index is 0.115. The molecule has 0 aliphatic heterocycles. The molecular formula is C26H32N2O8. The SMILES string of the molecule is COc1ccc(NC(=O)O[C@H](c2ccc(OCCO)cc2)[C@H](OC)/C(C)=C/C(C)=C/C(=O)NO)cc1. The van der Waals surface area contributed by atoms with Gasteiger partial charge in [0.05, 0.1) is 13.7 Å². The van der Waals surface area contributed by atoms with E-state index in [0.29, 0.717) is 33.9 Å². The normalized spacial score (nSPS) is 13.4. The van der Waals surface area contributed by atoms with E-state index in [1.165, 1.54) is 13.2 Å². The molecule has 2 aromatic carbocycles. The van der Waals surface area contributed by atoms with Gasteiger partial charge >= 0.3 is 6.09 Å². The Labute approximate surface area is 210 Å². The summed E-state index contributed by atoms with van der Waals surface area (Å²) >= 11 is 0. The van der Waals surface area contributed by atoms with Gasteiger partial charge in [-0.15, -0.1) is 0 Å². The zero-order valence-electron chi connectivity index (χ0n) is 20.7. The Morgan fingerprint density at radius 1 is 0.972 bits per heavy atom. The van der Waals surface area contributed by atoms with Crippen LogP contribution in [-0.2, 0) is 14.3 Å². The van der Waals surface area contributed by atoms with Crippen LogP contribution < -0.4 is 20.3 Å². The molecule has 0 fully saturated rings. The number of benzene rings is 2. The highest BCUT2D eigenvalue weighted by atomic mass is 16.6. The second kappa shape index (κ2) is 14.5. The van der Waals surface area contributed by atoms with Crippen molar-refractivity contribution >= 4 is 17.7 Å². The quantitative estimate of drug-likeness (QED) is 0.150. The summed E-state index contributed by atoms with van der Waals surface area (Å²) in [7, 11) is 3.03. The highest BCUT2D eigenvalue weighted by Gasteiger charge is 2.29. The fraction of sp³-hybridized carbons (Fsp3) is 0.308. The van der Waals surface area contributed by atoms with Gasteiger partial charge in [-0.1, -0.05) is 18.2 Å². The number of methoxy groups -OCH3 is 2. The Kier molecular flexibility index (Phi) is 11.4. The lowest BCUT2D eigenvalue weighted by Crippen LogP contribution is -2.29. The van der Waals surface area contributed by atoms with Crippen LogP contribution >= 0.6 is 0 Å². The van der Waals surface area contributed by atoms with E-state index in [1.54, 1.807) is 81.0 Å². The number of amides is 2. The standard InChI is InChI=1S/C26H32N2O8/c1-17(16-23(30)28-32)15-18(2)24(34-4)25(19-5-9-22(10-6-19)35-14-13-29)36-26(31)27-20-7-11-21(33-3)12-8-20/h5-12,15-16,24-25,29,32H,13-14H2,1-4H3,(H,27,31)(H,28,30)/b17-16+,18-15+/t24-,25-/m1/s1. The molecule has 0 saturated heterocycles. The highest BCUT2D eigenvalue weighted by molar-refractivity contribution is 5.87. The third kappa shape index (κ3) is 8.73. The van der Waals surface area contributed by atoms with E-state index in [-0.39, 0.29) is 13.2 Å². The number of hydrogen-bond donors (Lipinski definition) is 4. The van der Waals surface area contributed by atoms with Crippen molar-refractivity contribution in [1.29, 1.82) is 0 Å². The van der Waals surface area contributed by atoms with Gasteiger partial charge < -0.3 is 24.1 Å². The summed E-state index contributed by atoms with van der Waals surface area (Å²) in [6.45, 7) is 3.50. The summed E-state index contributed by atoms with van der Waals surface area (Å²) in [5, 5.41) is 20.4. The van der Waals surface area contributed by atoms with E-state index < -0.39 is 24.2 Å². The Bertz CT molecular complexity index is 1050. The summed E-state index contributed by atoms with van der Waals surface area (Å²) in [4.78, 5) is 24.3. The molecule has 4 N–H and O–H groups in total. The maximum atomic E-state index is 12.8. The average molecular weight is 501 g/mol. The molecule has 0 unspecified atom stereocenters. The van der Waals surface area contributed by atoms with Crippen LogP contribution in [0.5, 0.6) is 11.5 Å². The molecule has 2 atom stereocenters. The number of allylic oxidation sites excluding steroid dienone is 2. The molecule has 0 aromatic heterocycles. The molecule has 36 heavy (non-hydrogen) atoms. The fourth-order valence-corrected chi connectivity index (χ4v) is 3.43. The van der Waals surface area contributed by atoms with Gasteiger partial charge in [-0.25, -0.2) is 10.3 Å². The largest absolute Gasteiger partial charge is 0.497 e. The minimum atomic E-state index is -0.865. The number of aliphatic hydroxyl groups is 1. The Morgan fingerprint density at radius 2 is 1.61 bits per heavy atom. The van der Waals surface area contributed by atoms with E-state index in [9.17, 15) is 9.59 Å². The Morgan fingerprint density at radius 3 is 2.17 bits per heavy atom. The van der Waals surface area contributed by atoms with Gasteiger partial charge in [0.2, 0.25) is 0 Å². The number of carbonyl (C=O) groups excluding carboxylic acids is 2. The van der Waals surface area contributed by atoms with Crippen molar-refractivity contribution in [1.82, 2.24) is 5.48 Å². The van der Waals surface area contributed by atoms with E-state index >= 15 is 0 Å². The predicted molar refractivity (Wildman–Crippen MR) is 133 cm³/mol. The lowest BCUT2D eigenvalue weighted by Gasteiger charge is -2.27. The fourth-order valence-electron chi connectivity index (χ4n) is 3.43. The molecule has 0 aliphatic rings. The molecule has 194 valence electrons. The van der Waals surface area contributed by atoms with Crippen molar-refractivity contribution in [2.45, 2.75) is 26.1 Å². The molecule has 10 heteroatoms. The molecule has 0 heterocycles. The smallest absolute Gasteiger partial charge is 0.412 e. The summed E-state index contributed by atoms with van der Waals surface area (Å²) < 4.78 is 22.1.